The van der Waals surface area contributed by atoms with Crippen molar-refractivity contribution < 1.29 is 52.7 Å². The zero-order valence-electron chi connectivity index (χ0n) is 45.5. The van der Waals surface area contributed by atoms with Crippen molar-refractivity contribution in [2.45, 2.75) is 151 Å². The Morgan fingerprint density at radius 3 is 2.24 bits per heavy atom. The van der Waals surface area contributed by atoms with Gasteiger partial charge in [0.2, 0.25) is 65.0 Å². The molecule has 3 fully saturated rings. The molecule has 2 aromatic rings. The fourth-order valence-electron chi connectivity index (χ4n) is 9.59. The minimum absolute atomic E-state index is 0.00970. The van der Waals surface area contributed by atoms with E-state index in [2.05, 4.69) is 47.2 Å². The van der Waals surface area contributed by atoms with Gasteiger partial charge in [0.1, 0.15) is 42.3 Å². The largest absolute Gasteiger partial charge is 0.370 e. The lowest BCUT2D eigenvalue weighted by atomic mass is 9.95. The van der Waals surface area contributed by atoms with E-state index in [4.69, 9.17) is 28.7 Å². The van der Waals surface area contributed by atoms with Crippen molar-refractivity contribution in [3.63, 3.8) is 0 Å². The fourth-order valence-corrected chi connectivity index (χ4v) is 14.6. The van der Waals surface area contributed by atoms with Gasteiger partial charge >= 0.3 is 0 Å². The molecule has 0 spiro atoms. The van der Waals surface area contributed by atoms with E-state index in [0.29, 0.717) is 25.0 Å². The van der Waals surface area contributed by atoms with Crippen LogP contribution in [0, 0.1) is 11.8 Å². The minimum atomic E-state index is -1.77. The van der Waals surface area contributed by atoms with Gasteiger partial charge in [0.15, 0.2) is 5.96 Å². The molecule has 5 rings (SSSR count). The van der Waals surface area contributed by atoms with Gasteiger partial charge in [-0.25, -0.2) is 0 Å². The number of hydrogen-bond donors (Lipinski definition) is 13. The van der Waals surface area contributed by atoms with E-state index >= 15 is 4.79 Å². The van der Waals surface area contributed by atoms with Crippen LogP contribution in [0.5, 0.6) is 0 Å². The third kappa shape index (κ3) is 18.7. The van der Waals surface area contributed by atoms with E-state index in [0.717, 1.165) is 22.2 Å². The topological polar surface area (TPSA) is 433 Å². The van der Waals surface area contributed by atoms with Gasteiger partial charge < -0.3 is 75.8 Å². The maximum absolute atomic E-state index is 15.3. The van der Waals surface area contributed by atoms with Crippen molar-refractivity contribution in [3.8, 4) is 0 Å². The Labute approximate surface area is 476 Å². The van der Waals surface area contributed by atoms with E-state index in [1.54, 1.807) is 45.7 Å². The number of nitrogens with zero attached hydrogens (tertiary/aromatic N) is 2. The molecule has 3 aliphatic heterocycles. The number of aliphatic imine (C=N–C) groups is 1. The van der Waals surface area contributed by atoms with Crippen molar-refractivity contribution in [3.05, 3.63) is 36.0 Å². The third-order valence-electron chi connectivity index (χ3n) is 14.3. The molecule has 0 bridgehead atoms. The highest BCUT2D eigenvalue weighted by Crippen LogP contribution is 2.47. The minimum Gasteiger partial charge on any atom is -0.370 e. The van der Waals surface area contributed by atoms with E-state index < -0.39 is 137 Å². The highest BCUT2D eigenvalue weighted by atomic mass is 33.1. The van der Waals surface area contributed by atoms with Crippen molar-refractivity contribution in [1.29, 1.82) is 0 Å². The molecular weight excluding hydrogens is 1090 g/mol. The number of fused-ring (bicyclic) bond motifs is 2. The van der Waals surface area contributed by atoms with E-state index in [1.165, 1.54) is 26.5 Å². The smallest absolute Gasteiger partial charge is 0.247 e. The molecule has 10 atom stereocenters. The normalized spacial score (nSPS) is 25.1. The lowest BCUT2D eigenvalue weighted by molar-refractivity contribution is -0.143. The number of thioether (sulfide) groups is 1. The van der Waals surface area contributed by atoms with Crippen LogP contribution in [0.2, 0.25) is 0 Å². The zero-order chi connectivity index (χ0) is 58.8. The van der Waals surface area contributed by atoms with Gasteiger partial charge in [-0.2, -0.15) is 11.8 Å². The Balaban J connectivity index is 1.55. The molecule has 440 valence electrons. The highest BCUT2D eigenvalue weighted by Gasteiger charge is 2.47. The molecule has 3 unspecified atom stereocenters. The SMILES string of the molecule is CC[C@H](C)[C@@H]1NC(=O)[C@@H](Cc2c[nH]c3ccccc23)NC(=O)CC2CCSCC2SSC(C)(C)C(C(=O)N2CCC[C@H]2C(=O)N[C@@H](CCCN=C(N)N)C(=O)NCC(N)=O)NC(=O)[C@H](CC(N)=O)NC(=O)[C@H](CCC(N)=O)NC1=O. The number of nitrogens with two attached hydrogens (primary N) is 5. The number of carbonyl (C=O) groups excluding carboxylic acids is 11. The number of carbonyl (C=O) groups is 11. The summed E-state index contributed by atoms with van der Waals surface area (Å²) < 4.78 is -1.27. The summed E-state index contributed by atoms with van der Waals surface area (Å²) in [6.07, 6.45) is 1.91. The van der Waals surface area contributed by atoms with Gasteiger partial charge in [0.05, 0.1) is 13.0 Å². The summed E-state index contributed by atoms with van der Waals surface area (Å²) in [5, 5.41) is 19.4. The van der Waals surface area contributed by atoms with Gasteiger partial charge in [-0.3, -0.25) is 57.7 Å². The van der Waals surface area contributed by atoms with Crippen molar-refractivity contribution in [2.24, 2.45) is 45.5 Å². The third-order valence-corrected chi connectivity index (χ3v) is 19.5. The zero-order valence-corrected chi connectivity index (χ0v) is 47.9. The van der Waals surface area contributed by atoms with Crippen molar-refractivity contribution in [1.82, 2.24) is 47.1 Å². The van der Waals surface area contributed by atoms with Crippen molar-refractivity contribution >= 4 is 115 Å². The molecule has 0 saturated carbocycles. The van der Waals surface area contributed by atoms with Crippen LogP contribution in [0.15, 0.2) is 35.5 Å². The number of likely N-dealkylation sites (tertiary alicyclic amines) is 1. The number of nitrogens with one attached hydrogen (secondary N) is 8. The van der Waals surface area contributed by atoms with E-state index in [9.17, 15) is 47.9 Å². The molecule has 1 aromatic heterocycles. The molecule has 80 heavy (non-hydrogen) atoms. The predicted molar refractivity (Wildman–Crippen MR) is 305 cm³/mol. The molecule has 0 aliphatic carbocycles. The van der Waals surface area contributed by atoms with Crippen LogP contribution in [-0.2, 0) is 59.2 Å². The number of aromatic amines is 1. The van der Waals surface area contributed by atoms with Crippen molar-refractivity contribution in [2.75, 3.05) is 31.1 Å². The van der Waals surface area contributed by atoms with Gasteiger partial charge in [-0.1, -0.05) is 60.1 Å². The van der Waals surface area contributed by atoms with Crippen LogP contribution in [0.4, 0.5) is 0 Å². The second kappa shape index (κ2) is 30.2. The van der Waals surface area contributed by atoms with Gasteiger partial charge in [0.25, 0.3) is 0 Å². The quantitative estimate of drug-likeness (QED) is 0.0317. The molecule has 18 N–H and O–H groups in total. The van der Waals surface area contributed by atoms with E-state index in [1.807, 2.05) is 24.3 Å². The summed E-state index contributed by atoms with van der Waals surface area (Å²) in [6, 6.07) is -2.26. The fraction of sp³-hybridized carbons (Fsp3) is 0.608. The highest BCUT2D eigenvalue weighted by molar-refractivity contribution is 8.77. The number of primary amides is 3. The Morgan fingerprint density at radius 1 is 0.850 bits per heavy atom. The predicted octanol–water partition coefficient (Wildman–Crippen LogP) is -1.86. The number of rotatable bonds is 19. The Kier molecular flexibility index (Phi) is 24.2. The summed E-state index contributed by atoms with van der Waals surface area (Å²) in [6.45, 7) is 6.52. The number of hydrogen-bond acceptors (Lipinski definition) is 15. The second-order valence-corrected chi connectivity index (χ2v) is 25.1. The molecule has 11 amide bonds. The lowest BCUT2D eigenvalue weighted by Crippen LogP contribution is -2.63. The van der Waals surface area contributed by atoms with Crippen LogP contribution < -0.4 is 65.9 Å². The summed E-state index contributed by atoms with van der Waals surface area (Å²) in [7, 11) is 2.65. The summed E-state index contributed by atoms with van der Waals surface area (Å²) >= 11 is 1.68. The summed E-state index contributed by atoms with van der Waals surface area (Å²) in [5.74, 6) is -8.52. The maximum atomic E-state index is 15.3. The maximum Gasteiger partial charge on any atom is 0.247 e. The van der Waals surface area contributed by atoms with Gasteiger partial charge in [-0.05, 0) is 81.6 Å². The molecule has 29 heteroatoms. The van der Waals surface area contributed by atoms with E-state index in [-0.39, 0.29) is 68.7 Å². The van der Waals surface area contributed by atoms with Crippen LogP contribution in [-0.4, -0.2) is 164 Å². The summed E-state index contributed by atoms with van der Waals surface area (Å²) in [4.78, 5) is 160. The Bertz CT molecular complexity index is 2630. The molecule has 0 radical (unpaired) electrons. The molecule has 4 heterocycles. The molecule has 1 aromatic carbocycles. The first-order valence-electron chi connectivity index (χ1n) is 26.7. The Hall–Kier alpha value is -6.75. The number of H-pyrrole nitrogens is 1. The monoisotopic (exact) mass is 1170 g/mol. The molecule has 26 nitrogen and oxygen atoms in total. The first-order chi connectivity index (χ1) is 37.9. The van der Waals surface area contributed by atoms with Gasteiger partial charge in [-0.15, -0.1) is 0 Å². The number of aromatic nitrogens is 1. The number of benzene rings is 1. The average molecular weight is 1170 g/mol. The first kappa shape index (κ1) is 64.1. The molecule has 3 saturated heterocycles. The lowest BCUT2D eigenvalue weighted by Gasteiger charge is -2.39. The van der Waals surface area contributed by atoms with Crippen LogP contribution in [0.3, 0.4) is 0 Å². The first-order valence-corrected chi connectivity index (χ1v) is 30.0. The number of guanidine groups is 1. The van der Waals surface area contributed by atoms with Crippen LogP contribution >= 0.6 is 33.3 Å². The molecular formula is C51H77N15O11S3. The van der Waals surface area contributed by atoms with Gasteiger partial charge in [0, 0.05) is 65.2 Å². The number of amides is 11. The standard InChI is InChI=1S/C51H77N15O11S3/c1-5-26(2)41-48(76)62-32(14-15-37(52)67)44(72)63-34(22-38(53)68)46(74)65-42(49(77)66-18-9-13-35(66)47(75)61-31(12-8-17-57-50(55)56)43(71)59-24-39(54)69)51(3,4)80-79-36-25-78-19-16-27(36)21-40(70)60-33(45(73)64-41)20-28-23-58-30-11-7-6-10-29(28)30/h6-7,10-11,23,26-27,31-36,41-42,58H,5,8-9,12-22,24-25H2,1-4H3,(H2,52,67)(H2,53,68)(H2,54,69)(H,59,71)(H,60,70)(H,61,75)(H,62,76)(H,63,72)(H,64,73)(H,65,74)(H4,55,56,57)/t26-,27?,31-,32-,33+,34-,35-,36?,41-,42?/m0/s1. The molecule has 3 aliphatic rings. The average Bonchev–Trinajstić information content (AvgIpc) is 4.16. The van der Waals surface area contributed by atoms with Crippen LogP contribution in [0.25, 0.3) is 10.9 Å². The van der Waals surface area contributed by atoms with Crippen LogP contribution in [0.1, 0.15) is 97.5 Å². The second-order valence-electron chi connectivity index (χ2n) is 20.8. The Morgan fingerprint density at radius 2 is 1.55 bits per heavy atom. The number of para-hydroxylation sites is 1. The summed E-state index contributed by atoms with van der Waals surface area (Å²) in [5.41, 5.74) is 28.9.